The topological polar surface area (TPSA) is 51.8 Å². The molecule has 0 spiro atoms. The van der Waals surface area contributed by atoms with Crippen molar-refractivity contribution in [3.8, 4) is 0 Å². The van der Waals surface area contributed by atoms with E-state index in [1.807, 2.05) is 0 Å². The summed E-state index contributed by atoms with van der Waals surface area (Å²) in [5.41, 5.74) is -0.277. The minimum absolute atomic E-state index is 0.361. The lowest BCUT2D eigenvalue weighted by Crippen LogP contribution is -2.29. The number of hydrogen-bond donors (Lipinski definition) is 1. The van der Waals surface area contributed by atoms with E-state index in [0.29, 0.717) is 6.42 Å². The molecule has 1 atom stereocenters. The van der Waals surface area contributed by atoms with E-state index in [1.54, 1.807) is 27.2 Å². The fraction of sp³-hybridized carbons (Fsp3) is 0.600. The lowest BCUT2D eigenvalue weighted by atomic mass is 9.95. The monoisotopic (exact) mass is 200 g/mol. The molecule has 4 nitrogen and oxygen atoms in total. The van der Waals surface area contributed by atoms with E-state index in [2.05, 4.69) is 0 Å². The predicted molar refractivity (Wildman–Crippen MR) is 50.7 cm³/mol. The molecule has 1 aromatic heterocycles. The van der Waals surface area contributed by atoms with Crippen LogP contribution in [0.5, 0.6) is 0 Å². The summed E-state index contributed by atoms with van der Waals surface area (Å²) in [7, 11) is 3.08. The predicted octanol–water partition coefficient (Wildman–Crippen LogP) is 1.50. The van der Waals surface area contributed by atoms with Crippen LogP contribution in [0.2, 0.25) is 0 Å². The second kappa shape index (κ2) is 4.59. The third kappa shape index (κ3) is 2.57. The van der Waals surface area contributed by atoms with Gasteiger partial charge in [-0.2, -0.15) is 0 Å². The highest BCUT2D eigenvalue weighted by Gasteiger charge is 2.28. The molecule has 0 radical (unpaired) electrons. The third-order valence-electron chi connectivity index (χ3n) is 2.23. The van der Waals surface area contributed by atoms with Crippen molar-refractivity contribution >= 4 is 0 Å². The lowest BCUT2D eigenvalue weighted by molar-refractivity contribution is -0.142. The molecule has 0 saturated heterocycles. The van der Waals surface area contributed by atoms with Gasteiger partial charge in [-0.3, -0.25) is 0 Å². The average molecular weight is 200 g/mol. The van der Waals surface area contributed by atoms with Crippen molar-refractivity contribution in [3.05, 3.63) is 24.2 Å². The van der Waals surface area contributed by atoms with Crippen LogP contribution in [0, 0.1) is 0 Å². The first-order valence-electron chi connectivity index (χ1n) is 4.41. The van der Waals surface area contributed by atoms with Gasteiger partial charge in [0.15, 0.2) is 6.29 Å². The molecule has 0 bridgehead atoms. The quantitative estimate of drug-likeness (QED) is 0.732. The number of furan rings is 1. The molecule has 0 amide bonds. The standard InChI is InChI=1S/C10H16O4/c1-10(11,6-9(12-2)13-3)8-4-5-14-7-8/h4-5,7,9,11H,6H2,1-3H3. The zero-order valence-corrected chi connectivity index (χ0v) is 8.69. The summed E-state index contributed by atoms with van der Waals surface area (Å²) in [6.07, 6.45) is 2.99. The van der Waals surface area contributed by atoms with Crippen LogP contribution in [0.3, 0.4) is 0 Å². The van der Waals surface area contributed by atoms with E-state index in [1.165, 1.54) is 12.5 Å². The molecule has 0 fully saturated rings. The first-order valence-corrected chi connectivity index (χ1v) is 4.41. The van der Waals surface area contributed by atoms with Crippen LogP contribution in [-0.2, 0) is 15.1 Å². The summed E-state index contributed by atoms with van der Waals surface area (Å²) < 4.78 is 14.9. The molecule has 0 aromatic carbocycles. The van der Waals surface area contributed by atoms with Crippen molar-refractivity contribution in [3.63, 3.8) is 0 Å². The zero-order chi connectivity index (χ0) is 10.6. The number of aliphatic hydroxyl groups is 1. The maximum atomic E-state index is 10.1. The van der Waals surface area contributed by atoms with Crippen LogP contribution >= 0.6 is 0 Å². The molecule has 1 heterocycles. The number of methoxy groups -OCH3 is 2. The van der Waals surface area contributed by atoms with Crippen molar-refractivity contribution in [2.24, 2.45) is 0 Å². The van der Waals surface area contributed by atoms with Gasteiger partial charge in [0, 0.05) is 26.2 Å². The molecule has 1 rings (SSSR count). The maximum absolute atomic E-state index is 10.1. The Morgan fingerprint density at radius 3 is 2.57 bits per heavy atom. The SMILES string of the molecule is COC(CC(C)(O)c1ccoc1)OC. The highest BCUT2D eigenvalue weighted by Crippen LogP contribution is 2.27. The molecule has 1 unspecified atom stereocenters. The van der Waals surface area contributed by atoms with Gasteiger partial charge in [-0.15, -0.1) is 0 Å². The molecule has 0 aliphatic carbocycles. The first-order chi connectivity index (χ1) is 6.60. The van der Waals surface area contributed by atoms with Gasteiger partial charge in [0.25, 0.3) is 0 Å². The summed E-state index contributed by atoms with van der Waals surface area (Å²) in [5, 5.41) is 10.1. The normalized spacial score (nSPS) is 15.8. The Balaban J connectivity index is 2.66. The van der Waals surface area contributed by atoms with E-state index in [4.69, 9.17) is 13.9 Å². The van der Waals surface area contributed by atoms with Crippen molar-refractivity contribution in [2.75, 3.05) is 14.2 Å². The Bertz CT molecular complexity index is 249. The van der Waals surface area contributed by atoms with Gasteiger partial charge in [0.1, 0.15) is 0 Å². The van der Waals surface area contributed by atoms with E-state index in [0.717, 1.165) is 5.56 Å². The molecule has 1 N–H and O–H groups in total. The largest absolute Gasteiger partial charge is 0.472 e. The molecular weight excluding hydrogens is 184 g/mol. The number of hydrogen-bond acceptors (Lipinski definition) is 4. The van der Waals surface area contributed by atoms with Gasteiger partial charge in [-0.1, -0.05) is 0 Å². The smallest absolute Gasteiger partial charge is 0.159 e. The van der Waals surface area contributed by atoms with Crippen LogP contribution in [0.15, 0.2) is 23.0 Å². The van der Waals surface area contributed by atoms with E-state index in [9.17, 15) is 5.11 Å². The van der Waals surface area contributed by atoms with Crippen LogP contribution in [-0.4, -0.2) is 25.6 Å². The maximum Gasteiger partial charge on any atom is 0.159 e. The molecule has 80 valence electrons. The summed E-state index contributed by atoms with van der Waals surface area (Å²) in [6.45, 7) is 1.70. The molecule has 14 heavy (non-hydrogen) atoms. The van der Waals surface area contributed by atoms with Crippen LogP contribution in [0.1, 0.15) is 18.9 Å². The number of ether oxygens (including phenoxy) is 2. The van der Waals surface area contributed by atoms with Crippen molar-refractivity contribution in [1.82, 2.24) is 0 Å². The third-order valence-corrected chi connectivity index (χ3v) is 2.23. The summed E-state index contributed by atoms with van der Waals surface area (Å²) in [5.74, 6) is 0. The Labute approximate surface area is 83.4 Å². The molecule has 0 aliphatic heterocycles. The molecule has 1 aromatic rings. The second-order valence-electron chi connectivity index (χ2n) is 3.39. The number of rotatable bonds is 5. The van der Waals surface area contributed by atoms with Crippen LogP contribution in [0.4, 0.5) is 0 Å². The molecule has 4 heteroatoms. The average Bonchev–Trinajstić information content (AvgIpc) is 2.67. The van der Waals surface area contributed by atoms with Gasteiger partial charge < -0.3 is 19.0 Å². The van der Waals surface area contributed by atoms with Gasteiger partial charge in [0.2, 0.25) is 0 Å². The summed E-state index contributed by atoms with van der Waals surface area (Å²) >= 11 is 0. The fourth-order valence-electron chi connectivity index (χ4n) is 1.28. The first kappa shape index (κ1) is 11.2. The van der Waals surface area contributed by atoms with Gasteiger partial charge in [-0.05, 0) is 13.0 Å². The Morgan fingerprint density at radius 1 is 1.50 bits per heavy atom. The van der Waals surface area contributed by atoms with Crippen molar-refractivity contribution < 1.29 is 19.0 Å². The summed E-state index contributed by atoms with van der Waals surface area (Å²) in [6, 6.07) is 1.72. The van der Waals surface area contributed by atoms with Gasteiger partial charge >= 0.3 is 0 Å². The van der Waals surface area contributed by atoms with E-state index < -0.39 is 11.9 Å². The Hall–Kier alpha value is -0.840. The van der Waals surface area contributed by atoms with E-state index in [-0.39, 0.29) is 0 Å². The zero-order valence-electron chi connectivity index (χ0n) is 8.69. The molecule has 0 saturated carbocycles. The summed E-state index contributed by atoms with van der Waals surface area (Å²) in [4.78, 5) is 0. The Morgan fingerprint density at radius 2 is 2.14 bits per heavy atom. The van der Waals surface area contributed by atoms with Crippen molar-refractivity contribution in [1.29, 1.82) is 0 Å². The van der Waals surface area contributed by atoms with Gasteiger partial charge in [-0.25, -0.2) is 0 Å². The van der Waals surface area contributed by atoms with Crippen LogP contribution in [0.25, 0.3) is 0 Å². The second-order valence-corrected chi connectivity index (χ2v) is 3.39. The van der Waals surface area contributed by atoms with Crippen LogP contribution < -0.4 is 0 Å². The highest BCUT2D eigenvalue weighted by molar-refractivity contribution is 5.14. The fourth-order valence-corrected chi connectivity index (χ4v) is 1.28. The van der Waals surface area contributed by atoms with Crippen molar-refractivity contribution in [2.45, 2.75) is 25.2 Å². The van der Waals surface area contributed by atoms with E-state index >= 15 is 0 Å². The molecular formula is C10H16O4. The highest BCUT2D eigenvalue weighted by atomic mass is 16.7. The Kier molecular flexibility index (Phi) is 3.69. The lowest BCUT2D eigenvalue weighted by Gasteiger charge is -2.25. The minimum Gasteiger partial charge on any atom is -0.472 e. The van der Waals surface area contributed by atoms with Gasteiger partial charge in [0.05, 0.1) is 18.1 Å². The molecule has 0 aliphatic rings. The minimum atomic E-state index is -0.996.